The number of pyridine rings is 1. The maximum atomic E-state index is 12.5. The molecule has 0 aliphatic carbocycles. The number of ether oxygens (including phenoxy) is 1. The lowest BCUT2D eigenvalue weighted by atomic mass is 10.2. The van der Waals surface area contributed by atoms with E-state index in [1.54, 1.807) is 37.3 Å². The summed E-state index contributed by atoms with van der Waals surface area (Å²) in [6, 6.07) is 10.0. The quantitative estimate of drug-likeness (QED) is 0.547. The standard InChI is InChI=1S/C19H17N5O4/c1-11-13(23-19(28-11)12-6-7-15(25)16(8-12)27-2)9-20-18(26)14-4-3-5-17-21-10-22-24(14)17/h3-8,10,25H,9H2,1-2H3,(H,20,26). The molecule has 3 heterocycles. The number of phenolic OH excluding ortho intramolecular Hbond substituents is 1. The highest BCUT2D eigenvalue weighted by Gasteiger charge is 2.16. The molecule has 0 bridgehead atoms. The fourth-order valence-corrected chi connectivity index (χ4v) is 2.80. The van der Waals surface area contributed by atoms with E-state index in [4.69, 9.17) is 9.15 Å². The van der Waals surface area contributed by atoms with Gasteiger partial charge in [-0.25, -0.2) is 14.5 Å². The second kappa shape index (κ2) is 7.03. The first kappa shape index (κ1) is 17.5. The maximum Gasteiger partial charge on any atom is 0.270 e. The molecule has 1 aromatic carbocycles. The second-order valence-corrected chi connectivity index (χ2v) is 6.03. The first-order valence-corrected chi connectivity index (χ1v) is 8.47. The monoisotopic (exact) mass is 379 g/mol. The van der Waals surface area contributed by atoms with Gasteiger partial charge in [-0.1, -0.05) is 6.07 Å². The van der Waals surface area contributed by atoms with E-state index in [1.807, 2.05) is 0 Å². The topological polar surface area (TPSA) is 115 Å². The van der Waals surface area contributed by atoms with Gasteiger partial charge in [0.1, 0.15) is 23.5 Å². The summed E-state index contributed by atoms with van der Waals surface area (Å²) in [5.41, 5.74) is 2.22. The van der Waals surface area contributed by atoms with Crippen LogP contribution in [0.3, 0.4) is 0 Å². The molecule has 142 valence electrons. The summed E-state index contributed by atoms with van der Waals surface area (Å²) < 4.78 is 12.3. The number of nitrogens with one attached hydrogen (secondary N) is 1. The first-order valence-electron chi connectivity index (χ1n) is 8.47. The summed E-state index contributed by atoms with van der Waals surface area (Å²) in [6.07, 6.45) is 1.39. The minimum Gasteiger partial charge on any atom is -0.504 e. The average Bonchev–Trinajstić information content (AvgIpc) is 3.32. The largest absolute Gasteiger partial charge is 0.504 e. The Morgan fingerprint density at radius 2 is 2.18 bits per heavy atom. The Hall–Kier alpha value is -3.88. The number of carbonyl (C=O) groups is 1. The van der Waals surface area contributed by atoms with Crippen LogP contribution < -0.4 is 10.1 Å². The molecule has 28 heavy (non-hydrogen) atoms. The molecule has 0 saturated carbocycles. The number of carbonyl (C=O) groups excluding carboxylic acids is 1. The number of nitrogens with zero attached hydrogens (tertiary/aromatic N) is 4. The smallest absolute Gasteiger partial charge is 0.270 e. The molecule has 4 rings (SSSR count). The highest BCUT2D eigenvalue weighted by molar-refractivity contribution is 5.93. The lowest BCUT2D eigenvalue weighted by Gasteiger charge is -2.05. The Morgan fingerprint density at radius 3 is 3.00 bits per heavy atom. The second-order valence-electron chi connectivity index (χ2n) is 6.03. The molecular formula is C19H17N5O4. The van der Waals surface area contributed by atoms with Gasteiger partial charge >= 0.3 is 0 Å². The van der Waals surface area contributed by atoms with Gasteiger partial charge in [0.05, 0.1) is 13.7 Å². The number of rotatable bonds is 5. The Morgan fingerprint density at radius 1 is 1.32 bits per heavy atom. The van der Waals surface area contributed by atoms with Gasteiger partial charge in [0.15, 0.2) is 17.1 Å². The number of aryl methyl sites for hydroxylation is 1. The van der Waals surface area contributed by atoms with E-state index >= 15 is 0 Å². The minimum atomic E-state index is -0.300. The highest BCUT2D eigenvalue weighted by Crippen LogP contribution is 2.31. The normalized spacial score (nSPS) is 10.9. The van der Waals surface area contributed by atoms with Crippen molar-refractivity contribution in [3.05, 3.63) is 59.9 Å². The van der Waals surface area contributed by atoms with Crippen LogP contribution in [0, 0.1) is 6.92 Å². The van der Waals surface area contributed by atoms with Crippen molar-refractivity contribution in [2.45, 2.75) is 13.5 Å². The molecule has 4 aromatic rings. The molecule has 0 spiro atoms. The van der Waals surface area contributed by atoms with E-state index in [1.165, 1.54) is 24.0 Å². The van der Waals surface area contributed by atoms with Crippen molar-refractivity contribution in [1.29, 1.82) is 0 Å². The number of hydrogen-bond acceptors (Lipinski definition) is 7. The van der Waals surface area contributed by atoms with Gasteiger partial charge in [-0.3, -0.25) is 4.79 Å². The number of methoxy groups -OCH3 is 1. The van der Waals surface area contributed by atoms with Crippen LogP contribution in [0.4, 0.5) is 0 Å². The summed E-state index contributed by atoms with van der Waals surface area (Å²) >= 11 is 0. The van der Waals surface area contributed by atoms with Gasteiger partial charge in [-0.15, -0.1) is 0 Å². The summed E-state index contributed by atoms with van der Waals surface area (Å²) in [5, 5.41) is 16.6. The molecule has 2 N–H and O–H groups in total. The predicted molar refractivity (Wildman–Crippen MR) is 99.0 cm³/mol. The molecule has 3 aromatic heterocycles. The molecule has 0 fully saturated rings. The number of aromatic nitrogens is 4. The van der Waals surface area contributed by atoms with Crippen LogP contribution in [0.1, 0.15) is 21.9 Å². The molecular weight excluding hydrogens is 362 g/mol. The minimum absolute atomic E-state index is 0.0318. The summed E-state index contributed by atoms with van der Waals surface area (Å²) in [7, 11) is 1.47. The van der Waals surface area contributed by atoms with Crippen molar-refractivity contribution in [1.82, 2.24) is 24.9 Å². The van der Waals surface area contributed by atoms with Crippen LogP contribution >= 0.6 is 0 Å². The van der Waals surface area contributed by atoms with E-state index in [2.05, 4.69) is 20.4 Å². The van der Waals surface area contributed by atoms with Gasteiger partial charge < -0.3 is 19.6 Å². The highest BCUT2D eigenvalue weighted by atomic mass is 16.5. The van der Waals surface area contributed by atoms with Gasteiger partial charge in [-0.05, 0) is 37.3 Å². The Kier molecular flexibility index (Phi) is 4.40. The van der Waals surface area contributed by atoms with Crippen LogP contribution in [0.2, 0.25) is 0 Å². The third-order valence-electron chi connectivity index (χ3n) is 4.27. The molecule has 1 amide bonds. The molecule has 0 aliphatic rings. The maximum absolute atomic E-state index is 12.5. The van der Waals surface area contributed by atoms with E-state index in [9.17, 15) is 9.90 Å². The number of benzene rings is 1. The zero-order valence-electron chi connectivity index (χ0n) is 15.2. The van der Waals surface area contributed by atoms with E-state index in [0.29, 0.717) is 40.0 Å². The lowest BCUT2D eigenvalue weighted by Crippen LogP contribution is -2.25. The summed E-state index contributed by atoms with van der Waals surface area (Å²) in [4.78, 5) is 21.1. The van der Waals surface area contributed by atoms with Gasteiger partial charge in [0.25, 0.3) is 5.91 Å². The average molecular weight is 379 g/mol. The van der Waals surface area contributed by atoms with Crippen LogP contribution in [0.15, 0.2) is 47.1 Å². The molecule has 9 nitrogen and oxygen atoms in total. The predicted octanol–water partition coefficient (Wildman–Crippen LogP) is 2.34. The summed E-state index contributed by atoms with van der Waals surface area (Å²) in [6.45, 7) is 1.96. The van der Waals surface area contributed by atoms with Crippen molar-refractivity contribution < 1.29 is 19.1 Å². The number of aromatic hydroxyl groups is 1. The number of amides is 1. The molecule has 0 atom stereocenters. The van der Waals surface area contributed by atoms with Crippen LogP contribution in [-0.2, 0) is 6.54 Å². The van der Waals surface area contributed by atoms with Crippen molar-refractivity contribution in [2.75, 3.05) is 7.11 Å². The van der Waals surface area contributed by atoms with E-state index in [-0.39, 0.29) is 18.2 Å². The molecule has 9 heteroatoms. The third-order valence-corrected chi connectivity index (χ3v) is 4.27. The molecule has 0 saturated heterocycles. The van der Waals surface area contributed by atoms with E-state index < -0.39 is 0 Å². The fourth-order valence-electron chi connectivity index (χ4n) is 2.80. The third kappa shape index (κ3) is 3.13. The van der Waals surface area contributed by atoms with Crippen LogP contribution in [0.25, 0.3) is 17.1 Å². The number of hydrogen-bond donors (Lipinski definition) is 2. The van der Waals surface area contributed by atoms with Crippen molar-refractivity contribution in [3.8, 4) is 23.0 Å². The Labute approximate surface area is 159 Å². The Balaban J connectivity index is 1.53. The zero-order valence-corrected chi connectivity index (χ0v) is 15.2. The van der Waals surface area contributed by atoms with Gasteiger partial charge in [0.2, 0.25) is 5.89 Å². The van der Waals surface area contributed by atoms with Crippen molar-refractivity contribution in [2.24, 2.45) is 0 Å². The Bertz CT molecular complexity index is 1160. The van der Waals surface area contributed by atoms with Crippen LogP contribution in [-0.4, -0.2) is 37.7 Å². The first-order chi connectivity index (χ1) is 13.6. The van der Waals surface area contributed by atoms with Crippen molar-refractivity contribution in [3.63, 3.8) is 0 Å². The zero-order chi connectivity index (χ0) is 19.7. The summed E-state index contributed by atoms with van der Waals surface area (Å²) in [5.74, 6) is 1.01. The van der Waals surface area contributed by atoms with E-state index in [0.717, 1.165) is 0 Å². The molecule has 0 unspecified atom stereocenters. The fraction of sp³-hybridized carbons (Fsp3) is 0.158. The van der Waals surface area contributed by atoms with Crippen LogP contribution in [0.5, 0.6) is 11.5 Å². The molecule has 0 aliphatic heterocycles. The number of oxazole rings is 1. The molecule has 0 radical (unpaired) electrons. The van der Waals surface area contributed by atoms with Gasteiger partial charge in [-0.2, -0.15) is 5.10 Å². The van der Waals surface area contributed by atoms with Crippen molar-refractivity contribution >= 4 is 11.6 Å². The number of fused-ring (bicyclic) bond motifs is 1. The SMILES string of the molecule is COc1cc(-c2nc(CNC(=O)c3cccc4ncnn34)c(C)o2)ccc1O. The number of phenols is 1. The lowest BCUT2D eigenvalue weighted by molar-refractivity contribution is 0.0943. The van der Waals surface area contributed by atoms with Gasteiger partial charge in [0, 0.05) is 5.56 Å².